The first kappa shape index (κ1) is 14.8. The zero-order chi connectivity index (χ0) is 11.6. The molecule has 0 spiro atoms. The molecule has 1 N–H and O–H groups in total. The summed E-state index contributed by atoms with van der Waals surface area (Å²) < 4.78 is 31.6. The van der Waals surface area contributed by atoms with Crippen LogP contribution in [0.25, 0.3) is 0 Å². The van der Waals surface area contributed by atoms with Crippen LogP contribution >= 0.6 is 0 Å². The summed E-state index contributed by atoms with van der Waals surface area (Å²) in [4.78, 5) is 0. The van der Waals surface area contributed by atoms with Crippen LogP contribution in [0.15, 0.2) is 0 Å². The molecule has 0 rings (SSSR count). The summed E-state index contributed by atoms with van der Waals surface area (Å²) in [5.41, 5.74) is 0. The summed E-state index contributed by atoms with van der Waals surface area (Å²) in [6.07, 6.45) is 2.12. The lowest BCUT2D eigenvalue weighted by atomic mass is 10.5. The third kappa shape index (κ3) is 13.8. The number of nitrogens with one attached hydrogen (secondary N) is 1. The van der Waals surface area contributed by atoms with Crippen molar-refractivity contribution in [2.45, 2.75) is 6.42 Å². The largest absolute Gasteiger partial charge is 0.385 e. The van der Waals surface area contributed by atoms with Crippen LogP contribution in [-0.4, -0.2) is 60.4 Å². The van der Waals surface area contributed by atoms with E-state index in [4.69, 9.17) is 9.47 Å². The lowest BCUT2D eigenvalue weighted by Crippen LogP contribution is -2.26. The normalized spacial score (nSPS) is 11.9. The Morgan fingerprint density at radius 3 is 2.47 bits per heavy atom. The number of sulfone groups is 1. The van der Waals surface area contributed by atoms with Crippen molar-refractivity contribution in [3.05, 3.63) is 0 Å². The molecule has 0 aromatic heterocycles. The number of hydrogen-bond acceptors (Lipinski definition) is 5. The van der Waals surface area contributed by atoms with Gasteiger partial charge in [-0.05, 0) is 6.42 Å². The smallest absolute Gasteiger partial charge is 0.148 e. The van der Waals surface area contributed by atoms with E-state index < -0.39 is 9.84 Å². The molecule has 0 aliphatic heterocycles. The molecule has 0 radical (unpaired) electrons. The first-order chi connectivity index (χ1) is 7.06. The predicted octanol–water partition coefficient (Wildman–Crippen LogP) is -0.326. The highest BCUT2D eigenvalue weighted by Gasteiger charge is 1.99. The summed E-state index contributed by atoms with van der Waals surface area (Å²) in [7, 11) is -1.19. The van der Waals surface area contributed by atoms with Crippen molar-refractivity contribution >= 4 is 9.84 Å². The number of methoxy groups -OCH3 is 1. The summed E-state index contributed by atoms with van der Waals surface area (Å²) in [6, 6.07) is 0. The van der Waals surface area contributed by atoms with Gasteiger partial charge in [-0.2, -0.15) is 0 Å². The minimum atomic E-state index is -2.85. The van der Waals surface area contributed by atoms with Crippen molar-refractivity contribution in [3.63, 3.8) is 0 Å². The fourth-order valence-corrected chi connectivity index (χ4v) is 1.45. The van der Waals surface area contributed by atoms with Gasteiger partial charge in [0.1, 0.15) is 9.84 Å². The molecule has 0 fully saturated rings. The van der Waals surface area contributed by atoms with Crippen LogP contribution in [0.2, 0.25) is 0 Å². The summed E-state index contributed by atoms with van der Waals surface area (Å²) in [5.74, 6) is 0.177. The average molecular weight is 239 g/mol. The maximum absolute atomic E-state index is 10.8. The van der Waals surface area contributed by atoms with Crippen LogP contribution in [0.5, 0.6) is 0 Å². The summed E-state index contributed by atoms with van der Waals surface area (Å²) in [6.45, 7) is 3.17. The molecule has 0 amide bonds. The fourth-order valence-electron chi connectivity index (χ4n) is 0.934. The lowest BCUT2D eigenvalue weighted by Gasteiger charge is -2.05. The number of hydrogen-bond donors (Lipinski definition) is 1. The van der Waals surface area contributed by atoms with Crippen molar-refractivity contribution in [2.75, 3.05) is 52.0 Å². The fraction of sp³-hybridized carbons (Fsp3) is 1.00. The molecule has 0 saturated carbocycles. The minimum absolute atomic E-state index is 0.177. The number of rotatable bonds is 10. The van der Waals surface area contributed by atoms with E-state index in [0.717, 1.165) is 6.42 Å². The van der Waals surface area contributed by atoms with Crippen molar-refractivity contribution in [1.82, 2.24) is 5.32 Å². The van der Waals surface area contributed by atoms with Gasteiger partial charge in [0.15, 0.2) is 0 Å². The molecule has 0 bridgehead atoms. The van der Waals surface area contributed by atoms with E-state index in [1.807, 2.05) is 0 Å². The highest BCUT2D eigenvalue weighted by Crippen LogP contribution is 1.83. The van der Waals surface area contributed by atoms with Crippen molar-refractivity contribution < 1.29 is 17.9 Å². The maximum atomic E-state index is 10.8. The first-order valence-electron chi connectivity index (χ1n) is 5.01. The molecule has 0 atom stereocenters. The van der Waals surface area contributed by atoms with E-state index in [9.17, 15) is 8.42 Å². The van der Waals surface area contributed by atoms with Crippen molar-refractivity contribution in [2.24, 2.45) is 0 Å². The van der Waals surface area contributed by atoms with Crippen LogP contribution in [0.1, 0.15) is 6.42 Å². The molecule has 0 heterocycles. The van der Waals surface area contributed by atoms with Gasteiger partial charge >= 0.3 is 0 Å². The van der Waals surface area contributed by atoms with Gasteiger partial charge in [-0.3, -0.25) is 0 Å². The van der Waals surface area contributed by atoms with Crippen LogP contribution < -0.4 is 5.32 Å². The molecular weight excluding hydrogens is 218 g/mol. The van der Waals surface area contributed by atoms with Crippen molar-refractivity contribution in [1.29, 1.82) is 0 Å². The second-order valence-electron chi connectivity index (χ2n) is 3.34. The molecule has 0 saturated heterocycles. The third-order valence-corrected chi connectivity index (χ3v) is 2.66. The SMILES string of the molecule is COCCCOCCNCCS(C)(=O)=O. The van der Waals surface area contributed by atoms with Gasteiger partial charge in [0, 0.05) is 39.7 Å². The first-order valence-corrected chi connectivity index (χ1v) is 7.07. The summed E-state index contributed by atoms with van der Waals surface area (Å²) in [5, 5.41) is 3.00. The molecule has 6 heteroatoms. The molecule has 5 nitrogen and oxygen atoms in total. The van der Waals surface area contributed by atoms with Gasteiger partial charge in [-0.25, -0.2) is 8.42 Å². The topological polar surface area (TPSA) is 64.6 Å². The van der Waals surface area contributed by atoms with Gasteiger partial charge in [0.2, 0.25) is 0 Å². The predicted molar refractivity (Wildman–Crippen MR) is 59.9 cm³/mol. The Morgan fingerprint density at radius 2 is 1.87 bits per heavy atom. The van der Waals surface area contributed by atoms with Gasteiger partial charge < -0.3 is 14.8 Å². The molecule has 15 heavy (non-hydrogen) atoms. The quantitative estimate of drug-likeness (QED) is 0.529. The molecule has 0 aliphatic rings. The van der Waals surface area contributed by atoms with Gasteiger partial charge in [-0.1, -0.05) is 0 Å². The maximum Gasteiger partial charge on any atom is 0.148 e. The molecule has 0 aliphatic carbocycles. The van der Waals surface area contributed by atoms with E-state index in [1.165, 1.54) is 6.26 Å². The Morgan fingerprint density at radius 1 is 1.13 bits per heavy atom. The number of ether oxygens (including phenoxy) is 2. The third-order valence-electron chi connectivity index (χ3n) is 1.71. The molecule has 92 valence electrons. The highest BCUT2D eigenvalue weighted by atomic mass is 32.2. The van der Waals surface area contributed by atoms with E-state index in [2.05, 4.69) is 5.32 Å². The zero-order valence-corrected chi connectivity index (χ0v) is 10.3. The average Bonchev–Trinajstić information content (AvgIpc) is 2.14. The van der Waals surface area contributed by atoms with E-state index in [-0.39, 0.29) is 5.75 Å². The van der Waals surface area contributed by atoms with E-state index in [0.29, 0.717) is 32.9 Å². The van der Waals surface area contributed by atoms with E-state index in [1.54, 1.807) is 7.11 Å². The standard InChI is InChI=1S/C9H21NO4S/c1-13-6-3-7-14-8-4-10-5-9-15(2,11)12/h10H,3-9H2,1-2H3. The Balaban J connectivity index is 3.06. The van der Waals surface area contributed by atoms with E-state index >= 15 is 0 Å². The Hall–Kier alpha value is -0.170. The monoisotopic (exact) mass is 239 g/mol. The van der Waals surface area contributed by atoms with Crippen LogP contribution in [-0.2, 0) is 19.3 Å². The lowest BCUT2D eigenvalue weighted by molar-refractivity contribution is 0.104. The zero-order valence-electron chi connectivity index (χ0n) is 9.49. The van der Waals surface area contributed by atoms with Gasteiger partial charge in [0.05, 0.1) is 12.4 Å². The Bertz CT molecular complexity index is 228. The van der Waals surface area contributed by atoms with Gasteiger partial charge in [0.25, 0.3) is 0 Å². The second kappa shape index (κ2) is 9.08. The molecular formula is C9H21NO4S. The van der Waals surface area contributed by atoms with Crippen LogP contribution in [0, 0.1) is 0 Å². The summed E-state index contributed by atoms with van der Waals surface area (Å²) >= 11 is 0. The molecule has 0 unspecified atom stereocenters. The highest BCUT2D eigenvalue weighted by molar-refractivity contribution is 7.90. The van der Waals surface area contributed by atoms with Gasteiger partial charge in [-0.15, -0.1) is 0 Å². The molecule has 0 aromatic rings. The second-order valence-corrected chi connectivity index (χ2v) is 5.60. The van der Waals surface area contributed by atoms with Crippen LogP contribution in [0.4, 0.5) is 0 Å². The molecule has 0 aromatic carbocycles. The van der Waals surface area contributed by atoms with Crippen LogP contribution in [0.3, 0.4) is 0 Å². The van der Waals surface area contributed by atoms with Crippen molar-refractivity contribution in [3.8, 4) is 0 Å². The minimum Gasteiger partial charge on any atom is -0.385 e. The Labute approximate surface area is 92.1 Å². The Kier molecular flexibility index (Phi) is 8.98.